The zero-order valence-electron chi connectivity index (χ0n) is 16.7. The van der Waals surface area contributed by atoms with E-state index in [9.17, 15) is 13.6 Å². The maximum absolute atomic E-state index is 13.4. The molecule has 152 valence electrons. The molecule has 6 heteroatoms. The van der Waals surface area contributed by atoms with Gasteiger partial charge in [-0.3, -0.25) is 9.69 Å². The van der Waals surface area contributed by atoms with Gasteiger partial charge < -0.3 is 10.3 Å². The highest BCUT2D eigenvalue weighted by Gasteiger charge is 2.22. The first-order valence-corrected chi connectivity index (χ1v) is 9.96. The highest BCUT2D eigenvalue weighted by atomic mass is 19.2. The number of hydrogen-bond donors (Lipinski definition) is 2. The molecule has 1 fully saturated rings. The molecule has 0 atom stereocenters. The fraction of sp³-hybridized carbons (Fsp3) is 0.348. The van der Waals surface area contributed by atoms with E-state index in [1.807, 2.05) is 19.9 Å². The van der Waals surface area contributed by atoms with Gasteiger partial charge in [-0.15, -0.1) is 0 Å². The van der Waals surface area contributed by atoms with Crippen molar-refractivity contribution in [2.24, 2.45) is 0 Å². The number of rotatable bonds is 4. The number of H-pyrrole nitrogens is 1. The molecular weight excluding hydrogens is 372 g/mol. The lowest BCUT2D eigenvalue weighted by Crippen LogP contribution is -2.44. The van der Waals surface area contributed by atoms with E-state index in [0.717, 1.165) is 53.5 Å². The average Bonchev–Trinajstić information content (AvgIpc) is 3.11. The molecule has 0 unspecified atom stereocenters. The molecule has 0 aliphatic carbocycles. The largest absolute Gasteiger partial charge is 0.351 e. The van der Waals surface area contributed by atoms with E-state index in [0.29, 0.717) is 12.2 Å². The molecule has 4 rings (SSSR count). The molecule has 0 saturated carbocycles. The first-order chi connectivity index (χ1) is 13.9. The van der Waals surface area contributed by atoms with Crippen molar-refractivity contribution in [2.45, 2.75) is 39.3 Å². The average molecular weight is 397 g/mol. The summed E-state index contributed by atoms with van der Waals surface area (Å²) < 4.78 is 26.4. The second-order valence-corrected chi connectivity index (χ2v) is 8.00. The van der Waals surface area contributed by atoms with Crippen LogP contribution in [0.2, 0.25) is 0 Å². The number of halogens is 2. The number of nitrogens with one attached hydrogen (secondary N) is 2. The molecule has 0 spiro atoms. The fourth-order valence-electron chi connectivity index (χ4n) is 4.12. The van der Waals surface area contributed by atoms with Gasteiger partial charge in [0.05, 0.1) is 0 Å². The number of aromatic amines is 1. The quantitative estimate of drug-likeness (QED) is 0.683. The smallest absolute Gasteiger partial charge is 0.267 e. The third kappa shape index (κ3) is 4.32. The summed E-state index contributed by atoms with van der Waals surface area (Å²) in [5, 5.41) is 4.20. The van der Waals surface area contributed by atoms with Crippen molar-refractivity contribution >= 4 is 16.8 Å². The van der Waals surface area contributed by atoms with Crippen LogP contribution in [-0.4, -0.2) is 34.9 Å². The van der Waals surface area contributed by atoms with Crippen LogP contribution in [0.1, 0.15) is 40.0 Å². The number of carbonyl (C=O) groups excluding carboxylic acids is 1. The Bertz CT molecular complexity index is 1050. The number of likely N-dealkylation sites (tertiary alicyclic amines) is 1. The van der Waals surface area contributed by atoms with Crippen LogP contribution in [0.25, 0.3) is 10.9 Å². The lowest BCUT2D eigenvalue weighted by atomic mass is 10.0. The summed E-state index contributed by atoms with van der Waals surface area (Å²) in [7, 11) is 0. The van der Waals surface area contributed by atoms with Gasteiger partial charge in [0.1, 0.15) is 5.69 Å². The van der Waals surface area contributed by atoms with Crippen LogP contribution in [-0.2, 0) is 6.54 Å². The molecule has 2 N–H and O–H groups in total. The van der Waals surface area contributed by atoms with Crippen LogP contribution >= 0.6 is 0 Å². The van der Waals surface area contributed by atoms with E-state index in [2.05, 4.69) is 27.3 Å². The first-order valence-electron chi connectivity index (χ1n) is 9.96. The number of amides is 1. The Morgan fingerprint density at radius 2 is 1.86 bits per heavy atom. The maximum Gasteiger partial charge on any atom is 0.267 e. The summed E-state index contributed by atoms with van der Waals surface area (Å²) in [6, 6.07) is 10.2. The Morgan fingerprint density at radius 1 is 1.10 bits per heavy atom. The summed E-state index contributed by atoms with van der Waals surface area (Å²) in [6.45, 7) is 6.27. The number of fused-ring (bicyclic) bond motifs is 1. The molecule has 0 bridgehead atoms. The summed E-state index contributed by atoms with van der Waals surface area (Å²) in [6.07, 6.45) is 1.65. The van der Waals surface area contributed by atoms with Gasteiger partial charge >= 0.3 is 0 Å². The molecule has 1 saturated heterocycles. The highest BCUT2D eigenvalue weighted by Crippen LogP contribution is 2.22. The van der Waals surface area contributed by atoms with E-state index in [4.69, 9.17) is 0 Å². The van der Waals surface area contributed by atoms with Crippen molar-refractivity contribution < 1.29 is 13.6 Å². The molecule has 1 aliphatic rings. The highest BCUT2D eigenvalue weighted by molar-refractivity contribution is 5.99. The van der Waals surface area contributed by atoms with E-state index in [1.165, 1.54) is 12.1 Å². The number of piperidine rings is 1. The third-order valence-corrected chi connectivity index (χ3v) is 5.65. The number of aromatic nitrogens is 1. The molecule has 1 amide bonds. The van der Waals surface area contributed by atoms with Gasteiger partial charge in [-0.1, -0.05) is 12.1 Å². The number of aryl methyl sites for hydroxylation is 2. The van der Waals surface area contributed by atoms with Gasteiger partial charge in [0.15, 0.2) is 11.6 Å². The molecule has 3 aromatic rings. The van der Waals surface area contributed by atoms with Crippen LogP contribution in [0.15, 0.2) is 36.4 Å². The van der Waals surface area contributed by atoms with Crippen molar-refractivity contribution in [3.05, 3.63) is 70.4 Å². The SMILES string of the molecule is Cc1cc(C)c2cc(C(=O)NC3CCN(Cc4ccc(F)c(F)c4)CC3)[nH]c2c1. The van der Waals surface area contributed by atoms with Gasteiger partial charge in [0, 0.05) is 36.6 Å². The summed E-state index contributed by atoms with van der Waals surface area (Å²) in [4.78, 5) is 18.1. The number of carbonyl (C=O) groups is 1. The predicted molar refractivity (Wildman–Crippen MR) is 110 cm³/mol. The van der Waals surface area contributed by atoms with Crippen molar-refractivity contribution in [3.63, 3.8) is 0 Å². The minimum Gasteiger partial charge on any atom is -0.351 e. The molecule has 0 radical (unpaired) electrons. The number of nitrogens with zero attached hydrogens (tertiary/aromatic N) is 1. The van der Waals surface area contributed by atoms with Gasteiger partial charge in [0.2, 0.25) is 0 Å². The van der Waals surface area contributed by atoms with Gasteiger partial charge in [-0.25, -0.2) is 8.78 Å². The Morgan fingerprint density at radius 3 is 2.59 bits per heavy atom. The number of benzene rings is 2. The molecule has 1 aromatic heterocycles. The van der Waals surface area contributed by atoms with Gasteiger partial charge in [-0.05, 0) is 67.6 Å². The maximum atomic E-state index is 13.4. The summed E-state index contributed by atoms with van der Waals surface area (Å²) in [5.41, 5.74) is 4.64. The van der Waals surface area contributed by atoms with E-state index >= 15 is 0 Å². The van der Waals surface area contributed by atoms with Crippen molar-refractivity contribution in [1.82, 2.24) is 15.2 Å². The first kappa shape index (κ1) is 19.6. The second kappa shape index (κ2) is 7.95. The van der Waals surface area contributed by atoms with Crippen LogP contribution in [0.5, 0.6) is 0 Å². The van der Waals surface area contributed by atoms with E-state index < -0.39 is 11.6 Å². The standard InChI is InChI=1S/C23H25F2N3O/c1-14-9-15(2)18-12-22(27-21(18)10-14)23(29)26-17-5-7-28(8-6-17)13-16-3-4-19(24)20(25)11-16/h3-4,9-12,17,27H,5-8,13H2,1-2H3,(H,26,29). The third-order valence-electron chi connectivity index (χ3n) is 5.65. The topological polar surface area (TPSA) is 48.1 Å². The zero-order chi connectivity index (χ0) is 20.5. The Hall–Kier alpha value is -2.73. The molecule has 2 aromatic carbocycles. The lowest BCUT2D eigenvalue weighted by molar-refractivity contribution is 0.0904. The normalized spacial score (nSPS) is 15.7. The molecule has 29 heavy (non-hydrogen) atoms. The molecule has 2 heterocycles. The molecular formula is C23H25F2N3O. The molecule has 4 nitrogen and oxygen atoms in total. The minimum atomic E-state index is -0.822. The predicted octanol–water partition coefficient (Wildman–Crippen LogP) is 4.46. The monoisotopic (exact) mass is 397 g/mol. The Kier molecular flexibility index (Phi) is 5.37. The number of hydrogen-bond acceptors (Lipinski definition) is 2. The molecule has 1 aliphatic heterocycles. The Labute approximate surface area is 168 Å². The van der Waals surface area contributed by atoms with E-state index in [1.54, 1.807) is 6.07 Å². The summed E-state index contributed by atoms with van der Waals surface area (Å²) >= 11 is 0. The van der Waals surface area contributed by atoms with Crippen LogP contribution in [0.4, 0.5) is 8.78 Å². The zero-order valence-corrected chi connectivity index (χ0v) is 16.7. The fourth-order valence-corrected chi connectivity index (χ4v) is 4.12. The van der Waals surface area contributed by atoms with Crippen LogP contribution in [0, 0.1) is 25.5 Å². The van der Waals surface area contributed by atoms with Crippen molar-refractivity contribution in [3.8, 4) is 0 Å². The van der Waals surface area contributed by atoms with Crippen molar-refractivity contribution in [1.29, 1.82) is 0 Å². The van der Waals surface area contributed by atoms with Crippen molar-refractivity contribution in [2.75, 3.05) is 13.1 Å². The lowest BCUT2D eigenvalue weighted by Gasteiger charge is -2.32. The van der Waals surface area contributed by atoms with Gasteiger partial charge in [0.25, 0.3) is 5.91 Å². The minimum absolute atomic E-state index is 0.0858. The van der Waals surface area contributed by atoms with Gasteiger partial charge in [-0.2, -0.15) is 0 Å². The van der Waals surface area contributed by atoms with Crippen LogP contribution < -0.4 is 5.32 Å². The second-order valence-electron chi connectivity index (χ2n) is 8.00. The Balaban J connectivity index is 1.34. The van der Waals surface area contributed by atoms with Crippen LogP contribution in [0.3, 0.4) is 0 Å². The summed E-state index contributed by atoms with van der Waals surface area (Å²) in [5.74, 6) is -1.72. The van der Waals surface area contributed by atoms with E-state index in [-0.39, 0.29) is 11.9 Å².